The van der Waals surface area contributed by atoms with E-state index < -0.39 is 5.91 Å². The van der Waals surface area contributed by atoms with Gasteiger partial charge < -0.3 is 15.4 Å². The maximum atomic E-state index is 12.7. The summed E-state index contributed by atoms with van der Waals surface area (Å²) in [5.74, 6) is -0.561. The first-order valence-corrected chi connectivity index (χ1v) is 9.50. The first-order valence-electron chi connectivity index (χ1n) is 8.74. The van der Waals surface area contributed by atoms with Crippen LogP contribution in [0.3, 0.4) is 0 Å². The molecule has 0 atom stereocenters. The SMILES string of the molecule is CCOc1ccc(Cl)c(C(=O)Nc2ccccc2NC(=O)c2ccc(Cl)cc2)n1. The molecule has 0 spiro atoms. The second kappa shape index (κ2) is 9.41. The maximum absolute atomic E-state index is 12.7. The number of nitrogens with one attached hydrogen (secondary N) is 2. The van der Waals surface area contributed by atoms with Crippen LogP contribution < -0.4 is 15.4 Å². The highest BCUT2D eigenvalue weighted by molar-refractivity contribution is 6.34. The topological polar surface area (TPSA) is 80.3 Å². The van der Waals surface area contributed by atoms with Gasteiger partial charge in [0.2, 0.25) is 5.88 Å². The van der Waals surface area contributed by atoms with Crippen LogP contribution in [0.15, 0.2) is 60.7 Å². The molecule has 0 saturated heterocycles. The Balaban J connectivity index is 1.80. The highest BCUT2D eigenvalue weighted by Gasteiger charge is 2.16. The number of carbonyl (C=O) groups is 2. The predicted molar refractivity (Wildman–Crippen MR) is 114 cm³/mol. The van der Waals surface area contributed by atoms with Crippen molar-refractivity contribution in [3.8, 4) is 5.88 Å². The number of hydrogen-bond acceptors (Lipinski definition) is 4. The van der Waals surface area contributed by atoms with E-state index in [2.05, 4.69) is 15.6 Å². The van der Waals surface area contributed by atoms with Crippen LogP contribution in [0.25, 0.3) is 0 Å². The lowest BCUT2D eigenvalue weighted by Gasteiger charge is -2.13. The molecule has 6 nitrogen and oxygen atoms in total. The Labute approximate surface area is 177 Å². The lowest BCUT2D eigenvalue weighted by Crippen LogP contribution is -2.18. The van der Waals surface area contributed by atoms with E-state index in [1.54, 1.807) is 60.7 Å². The van der Waals surface area contributed by atoms with Crippen LogP contribution in [0.5, 0.6) is 5.88 Å². The minimum absolute atomic E-state index is 0.0245. The van der Waals surface area contributed by atoms with Gasteiger partial charge in [-0.3, -0.25) is 9.59 Å². The van der Waals surface area contributed by atoms with Crippen LogP contribution in [0.4, 0.5) is 11.4 Å². The Morgan fingerprint density at radius 3 is 2.14 bits per heavy atom. The second-order valence-corrected chi connectivity index (χ2v) is 6.72. The van der Waals surface area contributed by atoms with E-state index in [1.165, 1.54) is 0 Å². The largest absolute Gasteiger partial charge is 0.478 e. The molecule has 0 fully saturated rings. The summed E-state index contributed by atoms with van der Waals surface area (Å²) < 4.78 is 5.32. The molecular weight excluding hydrogens is 413 g/mol. The summed E-state index contributed by atoms with van der Waals surface area (Å²) in [6.07, 6.45) is 0. The third-order valence-corrected chi connectivity index (χ3v) is 4.41. The molecule has 3 rings (SSSR count). The van der Waals surface area contributed by atoms with Crippen LogP contribution >= 0.6 is 23.2 Å². The third-order valence-electron chi connectivity index (χ3n) is 3.86. The van der Waals surface area contributed by atoms with Crippen LogP contribution in [-0.4, -0.2) is 23.4 Å². The molecule has 1 aromatic heterocycles. The van der Waals surface area contributed by atoms with E-state index in [-0.39, 0.29) is 16.6 Å². The number of para-hydroxylation sites is 2. The molecule has 0 saturated carbocycles. The zero-order valence-electron chi connectivity index (χ0n) is 15.4. The number of anilines is 2. The van der Waals surface area contributed by atoms with Crippen molar-refractivity contribution in [2.45, 2.75) is 6.92 Å². The lowest BCUT2D eigenvalue weighted by atomic mass is 10.2. The average Bonchev–Trinajstić information content (AvgIpc) is 2.71. The lowest BCUT2D eigenvalue weighted by molar-refractivity contribution is 0.101. The Morgan fingerprint density at radius 1 is 0.897 bits per heavy atom. The fourth-order valence-electron chi connectivity index (χ4n) is 2.49. The van der Waals surface area contributed by atoms with E-state index in [0.717, 1.165) is 0 Å². The highest BCUT2D eigenvalue weighted by atomic mass is 35.5. The minimum Gasteiger partial charge on any atom is -0.478 e. The van der Waals surface area contributed by atoms with Crippen molar-refractivity contribution in [2.24, 2.45) is 0 Å². The molecule has 29 heavy (non-hydrogen) atoms. The van der Waals surface area contributed by atoms with E-state index >= 15 is 0 Å². The van der Waals surface area contributed by atoms with E-state index in [0.29, 0.717) is 34.4 Å². The van der Waals surface area contributed by atoms with Crippen molar-refractivity contribution in [1.29, 1.82) is 0 Å². The molecule has 0 aliphatic rings. The van der Waals surface area contributed by atoms with Crippen molar-refractivity contribution in [3.63, 3.8) is 0 Å². The number of amides is 2. The summed E-state index contributed by atoms with van der Waals surface area (Å²) in [5.41, 5.74) is 1.29. The zero-order chi connectivity index (χ0) is 20.8. The molecule has 0 aliphatic heterocycles. The average molecular weight is 430 g/mol. The molecule has 2 amide bonds. The number of nitrogens with zero attached hydrogens (tertiary/aromatic N) is 1. The molecule has 2 N–H and O–H groups in total. The normalized spacial score (nSPS) is 10.3. The van der Waals surface area contributed by atoms with Crippen LogP contribution in [0.1, 0.15) is 27.8 Å². The highest BCUT2D eigenvalue weighted by Crippen LogP contribution is 2.25. The number of pyridine rings is 1. The van der Waals surface area contributed by atoms with Crippen molar-refractivity contribution >= 4 is 46.4 Å². The molecule has 0 aliphatic carbocycles. The van der Waals surface area contributed by atoms with Gasteiger partial charge in [-0.1, -0.05) is 35.3 Å². The summed E-state index contributed by atoms with van der Waals surface area (Å²) in [7, 11) is 0. The number of carbonyl (C=O) groups excluding carboxylic acids is 2. The van der Waals surface area contributed by atoms with Gasteiger partial charge in [0.05, 0.1) is 23.0 Å². The molecule has 8 heteroatoms. The molecule has 0 bridgehead atoms. The summed E-state index contributed by atoms with van der Waals surface area (Å²) in [6, 6.07) is 16.4. The molecule has 1 heterocycles. The molecule has 0 unspecified atom stereocenters. The summed E-state index contributed by atoms with van der Waals surface area (Å²) in [5, 5.41) is 6.22. The first-order chi connectivity index (χ1) is 14.0. The van der Waals surface area contributed by atoms with E-state index in [9.17, 15) is 9.59 Å². The molecular formula is C21H17Cl2N3O3. The van der Waals surface area contributed by atoms with Gasteiger partial charge in [-0.25, -0.2) is 4.98 Å². The van der Waals surface area contributed by atoms with Gasteiger partial charge in [0.1, 0.15) is 0 Å². The number of ether oxygens (including phenoxy) is 1. The zero-order valence-corrected chi connectivity index (χ0v) is 16.9. The van der Waals surface area contributed by atoms with Crippen molar-refractivity contribution in [3.05, 3.63) is 82.0 Å². The van der Waals surface area contributed by atoms with E-state index in [1.807, 2.05) is 6.92 Å². The van der Waals surface area contributed by atoms with Crippen LogP contribution in [-0.2, 0) is 0 Å². The quantitative estimate of drug-likeness (QED) is 0.557. The fourth-order valence-corrected chi connectivity index (χ4v) is 2.81. The van der Waals surface area contributed by atoms with Crippen molar-refractivity contribution in [2.75, 3.05) is 17.2 Å². The Hall–Kier alpha value is -3.09. The van der Waals surface area contributed by atoms with Gasteiger partial charge in [-0.2, -0.15) is 0 Å². The number of hydrogen-bond donors (Lipinski definition) is 2. The van der Waals surface area contributed by atoms with Crippen LogP contribution in [0, 0.1) is 0 Å². The summed E-state index contributed by atoms with van der Waals surface area (Å²) in [6.45, 7) is 2.23. The third kappa shape index (κ3) is 5.25. The van der Waals surface area contributed by atoms with Gasteiger partial charge in [0.25, 0.3) is 11.8 Å². The second-order valence-electron chi connectivity index (χ2n) is 5.87. The van der Waals surface area contributed by atoms with E-state index in [4.69, 9.17) is 27.9 Å². The van der Waals surface area contributed by atoms with Gasteiger partial charge >= 0.3 is 0 Å². The van der Waals surface area contributed by atoms with Crippen molar-refractivity contribution < 1.29 is 14.3 Å². The smallest absolute Gasteiger partial charge is 0.276 e. The number of rotatable bonds is 6. The molecule has 0 radical (unpaired) electrons. The molecule has 148 valence electrons. The first kappa shape index (κ1) is 20.6. The van der Waals surface area contributed by atoms with Crippen molar-refractivity contribution in [1.82, 2.24) is 4.98 Å². The monoisotopic (exact) mass is 429 g/mol. The Kier molecular flexibility index (Phi) is 6.69. The number of benzene rings is 2. The summed E-state index contributed by atoms with van der Waals surface area (Å²) >= 11 is 12.0. The Morgan fingerprint density at radius 2 is 1.52 bits per heavy atom. The molecule has 2 aromatic carbocycles. The Bertz CT molecular complexity index is 1040. The predicted octanol–water partition coefficient (Wildman–Crippen LogP) is 5.29. The fraction of sp³-hybridized carbons (Fsp3) is 0.0952. The van der Waals surface area contributed by atoms with Crippen LogP contribution in [0.2, 0.25) is 10.0 Å². The number of halogens is 2. The van der Waals surface area contributed by atoms with Gasteiger partial charge in [0.15, 0.2) is 5.69 Å². The van der Waals surface area contributed by atoms with Gasteiger partial charge in [-0.15, -0.1) is 0 Å². The standard InChI is InChI=1S/C21H17Cl2N3O3/c1-2-29-18-12-11-15(23)19(26-18)21(28)25-17-6-4-3-5-16(17)24-20(27)13-7-9-14(22)10-8-13/h3-12H,2H2,1H3,(H,24,27)(H,25,28). The minimum atomic E-state index is -0.523. The summed E-state index contributed by atoms with van der Waals surface area (Å²) in [4.78, 5) is 29.3. The van der Waals surface area contributed by atoms with Gasteiger partial charge in [-0.05, 0) is 49.4 Å². The molecule has 3 aromatic rings. The van der Waals surface area contributed by atoms with Gasteiger partial charge in [0, 0.05) is 16.7 Å². The number of aromatic nitrogens is 1. The maximum Gasteiger partial charge on any atom is 0.276 e.